The summed E-state index contributed by atoms with van der Waals surface area (Å²) in [7, 11) is 0. The maximum Gasteiger partial charge on any atom is 0.335 e. The third-order valence-electron chi connectivity index (χ3n) is 2.65. The number of carbonyl (C=O) groups is 1. The van der Waals surface area contributed by atoms with Gasteiger partial charge in [-0.3, -0.25) is 0 Å². The van der Waals surface area contributed by atoms with Crippen molar-refractivity contribution in [2.75, 3.05) is 0 Å². The Bertz CT molecular complexity index is 564. The van der Waals surface area contributed by atoms with E-state index in [0.717, 1.165) is 16.3 Å². The van der Waals surface area contributed by atoms with Gasteiger partial charge in [0.05, 0.1) is 11.3 Å². The first kappa shape index (κ1) is 12.8. The summed E-state index contributed by atoms with van der Waals surface area (Å²) in [5, 5.41) is 11.8. The Morgan fingerprint density at radius 2 is 1.83 bits per heavy atom. The fourth-order valence-corrected chi connectivity index (χ4v) is 2.56. The van der Waals surface area contributed by atoms with Gasteiger partial charge in [-0.1, -0.05) is 32.9 Å². The van der Waals surface area contributed by atoms with E-state index in [4.69, 9.17) is 5.11 Å². The number of benzene rings is 1. The van der Waals surface area contributed by atoms with Crippen LogP contribution in [-0.4, -0.2) is 16.1 Å². The molecule has 0 aliphatic carbocycles. The van der Waals surface area contributed by atoms with E-state index in [9.17, 15) is 4.79 Å². The number of rotatable bonds is 2. The van der Waals surface area contributed by atoms with Crippen LogP contribution in [0.15, 0.2) is 29.6 Å². The lowest BCUT2D eigenvalue weighted by molar-refractivity contribution is 0.0697. The molecule has 0 saturated heterocycles. The summed E-state index contributed by atoms with van der Waals surface area (Å²) >= 11 is 1.59. The highest BCUT2D eigenvalue weighted by molar-refractivity contribution is 7.13. The standard InChI is InChI=1S/C14H15NO2S/c1-14(2,3)11-8-18-12(15-11)9-4-6-10(7-5-9)13(16)17/h4-8H,1-3H3,(H,16,17). The predicted octanol–water partition coefficient (Wildman–Crippen LogP) is 3.81. The highest BCUT2D eigenvalue weighted by atomic mass is 32.1. The van der Waals surface area contributed by atoms with Gasteiger partial charge in [-0.05, 0) is 12.1 Å². The van der Waals surface area contributed by atoms with Crippen LogP contribution in [0.2, 0.25) is 0 Å². The lowest BCUT2D eigenvalue weighted by Crippen LogP contribution is -2.11. The minimum Gasteiger partial charge on any atom is -0.478 e. The molecule has 1 N–H and O–H groups in total. The van der Waals surface area contributed by atoms with Gasteiger partial charge >= 0.3 is 5.97 Å². The van der Waals surface area contributed by atoms with Gasteiger partial charge in [-0.15, -0.1) is 11.3 Å². The summed E-state index contributed by atoms with van der Waals surface area (Å²) in [5.74, 6) is -0.906. The molecule has 0 radical (unpaired) electrons. The van der Waals surface area contributed by atoms with E-state index in [0.29, 0.717) is 5.56 Å². The molecule has 0 saturated carbocycles. The van der Waals surface area contributed by atoms with Crippen molar-refractivity contribution < 1.29 is 9.90 Å². The van der Waals surface area contributed by atoms with Gasteiger partial charge in [-0.25, -0.2) is 9.78 Å². The molecule has 1 aromatic carbocycles. The average Bonchev–Trinajstić information content (AvgIpc) is 2.78. The van der Waals surface area contributed by atoms with Crippen molar-refractivity contribution in [1.82, 2.24) is 4.98 Å². The van der Waals surface area contributed by atoms with Crippen LogP contribution in [0.5, 0.6) is 0 Å². The van der Waals surface area contributed by atoms with Crippen molar-refractivity contribution in [3.63, 3.8) is 0 Å². The summed E-state index contributed by atoms with van der Waals surface area (Å²) in [6, 6.07) is 6.81. The third-order valence-corrected chi connectivity index (χ3v) is 3.54. The van der Waals surface area contributed by atoms with Crippen molar-refractivity contribution in [3.05, 3.63) is 40.9 Å². The summed E-state index contributed by atoms with van der Waals surface area (Å²) in [4.78, 5) is 15.4. The van der Waals surface area contributed by atoms with Crippen molar-refractivity contribution in [2.45, 2.75) is 26.2 Å². The lowest BCUT2D eigenvalue weighted by atomic mass is 9.93. The first-order valence-electron chi connectivity index (χ1n) is 5.67. The molecular weight excluding hydrogens is 246 g/mol. The van der Waals surface area contributed by atoms with Gasteiger partial charge in [0.15, 0.2) is 0 Å². The van der Waals surface area contributed by atoms with E-state index < -0.39 is 5.97 Å². The van der Waals surface area contributed by atoms with E-state index in [1.54, 1.807) is 35.6 Å². The number of thiazole rings is 1. The summed E-state index contributed by atoms with van der Waals surface area (Å²) < 4.78 is 0. The second kappa shape index (κ2) is 4.53. The van der Waals surface area contributed by atoms with Crippen LogP contribution in [0.3, 0.4) is 0 Å². The Morgan fingerprint density at radius 1 is 1.22 bits per heavy atom. The second-order valence-electron chi connectivity index (χ2n) is 5.17. The van der Waals surface area contributed by atoms with Crippen molar-refractivity contribution in [2.24, 2.45) is 0 Å². The van der Waals surface area contributed by atoms with Gasteiger partial charge < -0.3 is 5.11 Å². The van der Waals surface area contributed by atoms with Crippen LogP contribution in [0.1, 0.15) is 36.8 Å². The molecule has 0 bridgehead atoms. The molecule has 1 aromatic heterocycles. The molecule has 0 aliphatic heterocycles. The Morgan fingerprint density at radius 3 is 2.28 bits per heavy atom. The molecule has 0 aliphatic rings. The first-order valence-corrected chi connectivity index (χ1v) is 6.55. The number of carboxylic acids is 1. The van der Waals surface area contributed by atoms with Crippen LogP contribution in [0, 0.1) is 0 Å². The smallest absolute Gasteiger partial charge is 0.335 e. The molecule has 4 heteroatoms. The molecule has 0 unspecified atom stereocenters. The minimum absolute atomic E-state index is 0.0375. The zero-order valence-electron chi connectivity index (χ0n) is 10.6. The minimum atomic E-state index is -0.906. The lowest BCUT2D eigenvalue weighted by Gasteiger charge is -2.14. The monoisotopic (exact) mass is 261 g/mol. The first-order chi connectivity index (χ1) is 8.38. The van der Waals surface area contributed by atoms with Gasteiger partial charge in [0, 0.05) is 16.4 Å². The number of carboxylic acid groups (broad SMARTS) is 1. The zero-order valence-corrected chi connectivity index (χ0v) is 11.4. The van der Waals surface area contributed by atoms with Crippen LogP contribution >= 0.6 is 11.3 Å². The second-order valence-corrected chi connectivity index (χ2v) is 6.03. The molecule has 0 spiro atoms. The van der Waals surface area contributed by atoms with Gasteiger partial charge in [0.25, 0.3) is 0 Å². The SMILES string of the molecule is CC(C)(C)c1csc(-c2ccc(C(=O)O)cc2)n1. The quantitative estimate of drug-likeness (QED) is 0.894. The molecule has 1 heterocycles. The molecule has 2 rings (SSSR count). The normalized spacial score (nSPS) is 11.5. The number of aromatic carboxylic acids is 1. The van der Waals surface area contributed by atoms with Crippen LogP contribution in [0.25, 0.3) is 10.6 Å². The van der Waals surface area contributed by atoms with E-state index >= 15 is 0 Å². The molecule has 94 valence electrons. The predicted molar refractivity (Wildman–Crippen MR) is 73.2 cm³/mol. The van der Waals surface area contributed by atoms with Crippen molar-refractivity contribution in [1.29, 1.82) is 0 Å². The summed E-state index contributed by atoms with van der Waals surface area (Å²) in [6.45, 7) is 6.37. The van der Waals surface area contributed by atoms with Crippen LogP contribution in [-0.2, 0) is 5.41 Å². The number of nitrogens with zero attached hydrogens (tertiary/aromatic N) is 1. The maximum atomic E-state index is 10.8. The Kier molecular flexibility index (Phi) is 3.22. The molecule has 0 amide bonds. The highest BCUT2D eigenvalue weighted by Gasteiger charge is 2.17. The molecule has 2 aromatic rings. The zero-order chi connectivity index (χ0) is 13.3. The van der Waals surface area contributed by atoms with E-state index in [2.05, 4.69) is 31.1 Å². The number of hydrogen-bond acceptors (Lipinski definition) is 3. The summed E-state index contributed by atoms with van der Waals surface area (Å²) in [5.41, 5.74) is 2.35. The van der Waals surface area contributed by atoms with Gasteiger partial charge in [0.2, 0.25) is 0 Å². The fraction of sp³-hybridized carbons (Fsp3) is 0.286. The van der Waals surface area contributed by atoms with E-state index in [-0.39, 0.29) is 5.41 Å². The van der Waals surface area contributed by atoms with Crippen LogP contribution in [0.4, 0.5) is 0 Å². The molecule has 18 heavy (non-hydrogen) atoms. The Balaban J connectivity index is 2.32. The molecule has 0 atom stereocenters. The van der Waals surface area contributed by atoms with Crippen LogP contribution < -0.4 is 0 Å². The average molecular weight is 261 g/mol. The van der Waals surface area contributed by atoms with Crippen molar-refractivity contribution in [3.8, 4) is 10.6 Å². The van der Waals surface area contributed by atoms with E-state index in [1.165, 1.54) is 0 Å². The molecule has 3 nitrogen and oxygen atoms in total. The Hall–Kier alpha value is -1.68. The number of hydrogen-bond donors (Lipinski definition) is 1. The maximum absolute atomic E-state index is 10.8. The van der Waals surface area contributed by atoms with E-state index in [1.807, 2.05) is 0 Å². The molecule has 0 fully saturated rings. The largest absolute Gasteiger partial charge is 0.478 e. The highest BCUT2D eigenvalue weighted by Crippen LogP contribution is 2.29. The third kappa shape index (κ3) is 2.59. The fourth-order valence-electron chi connectivity index (χ4n) is 1.51. The topological polar surface area (TPSA) is 50.2 Å². The molecular formula is C14H15NO2S. The van der Waals surface area contributed by atoms with Gasteiger partial charge in [-0.2, -0.15) is 0 Å². The summed E-state index contributed by atoms with van der Waals surface area (Å²) in [6.07, 6.45) is 0. The number of aromatic nitrogens is 1. The Labute approximate surface area is 110 Å². The van der Waals surface area contributed by atoms with Gasteiger partial charge in [0.1, 0.15) is 5.01 Å². The van der Waals surface area contributed by atoms with Crippen molar-refractivity contribution >= 4 is 17.3 Å².